The number of hydrogen-bond acceptors (Lipinski definition) is 3. The monoisotopic (exact) mass is 585 g/mol. The topological polar surface area (TPSA) is 47.6 Å². The van der Waals surface area contributed by atoms with Crippen molar-refractivity contribution in [2.24, 2.45) is 0 Å². The molecule has 4 nitrogen and oxygen atoms in total. The summed E-state index contributed by atoms with van der Waals surface area (Å²) < 4.78 is 13.2. The summed E-state index contributed by atoms with van der Waals surface area (Å²) in [6.45, 7) is 5.77. The van der Waals surface area contributed by atoms with Crippen molar-refractivity contribution in [3.8, 4) is 0 Å². The standard InChI is InChI=1S/C39H55NO3/c1-3-5-6-7-8-9-10-11-12-13-23-30-38(41)40-32-37(42-31-4-2)33-43-39(34-24-17-14-18-25-34,35-26-19-15-20-27-35)36-28-21-16-22-29-36/h14-22,24-29,37H,3-13,23,30-33H2,1-2H3,(H,40,41). The number of benzene rings is 3. The van der Waals surface area contributed by atoms with Gasteiger partial charge in [-0.2, -0.15) is 0 Å². The molecule has 0 saturated heterocycles. The number of nitrogens with one attached hydrogen (secondary N) is 1. The zero-order chi connectivity index (χ0) is 30.4. The molecule has 0 spiro atoms. The smallest absolute Gasteiger partial charge is 0.220 e. The Bertz CT molecular complexity index is 1010. The number of amides is 1. The van der Waals surface area contributed by atoms with Gasteiger partial charge in [-0.1, -0.05) is 169 Å². The van der Waals surface area contributed by atoms with E-state index in [-0.39, 0.29) is 12.0 Å². The zero-order valence-corrected chi connectivity index (χ0v) is 26.8. The van der Waals surface area contributed by atoms with Gasteiger partial charge in [0.1, 0.15) is 5.60 Å². The first-order chi connectivity index (χ1) is 21.2. The van der Waals surface area contributed by atoms with Crippen LogP contribution in [-0.4, -0.2) is 31.8 Å². The van der Waals surface area contributed by atoms with Crippen LogP contribution in [0.5, 0.6) is 0 Å². The Morgan fingerprint density at radius 2 is 1.07 bits per heavy atom. The van der Waals surface area contributed by atoms with Gasteiger partial charge in [-0.15, -0.1) is 0 Å². The van der Waals surface area contributed by atoms with E-state index in [9.17, 15) is 4.79 Å². The average molecular weight is 586 g/mol. The van der Waals surface area contributed by atoms with E-state index in [0.717, 1.165) is 36.0 Å². The Kier molecular flexibility index (Phi) is 16.8. The highest BCUT2D eigenvalue weighted by atomic mass is 16.5. The molecule has 1 amide bonds. The molecule has 43 heavy (non-hydrogen) atoms. The average Bonchev–Trinajstić information content (AvgIpc) is 3.06. The minimum atomic E-state index is -0.808. The number of unbranched alkanes of at least 4 members (excludes halogenated alkanes) is 10. The predicted octanol–water partition coefficient (Wildman–Crippen LogP) is 9.61. The molecule has 1 N–H and O–H groups in total. The van der Waals surface area contributed by atoms with Gasteiger partial charge in [0.25, 0.3) is 0 Å². The fourth-order valence-corrected chi connectivity index (χ4v) is 5.70. The molecule has 0 aliphatic carbocycles. The number of carbonyl (C=O) groups excluding carboxylic acids is 1. The Morgan fingerprint density at radius 3 is 1.51 bits per heavy atom. The first kappa shape index (κ1) is 34.5. The molecule has 0 saturated carbocycles. The van der Waals surface area contributed by atoms with Crippen LogP contribution in [0.3, 0.4) is 0 Å². The normalized spacial score (nSPS) is 12.2. The van der Waals surface area contributed by atoms with Gasteiger partial charge in [0.2, 0.25) is 5.91 Å². The van der Waals surface area contributed by atoms with Crippen LogP contribution in [0.2, 0.25) is 0 Å². The van der Waals surface area contributed by atoms with Gasteiger partial charge >= 0.3 is 0 Å². The van der Waals surface area contributed by atoms with E-state index in [4.69, 9.17) is 9.47 Å². The second-order valence-electron chi connectivity index (χ2n) is 11.7. The molecule has 0 aromatic heterocycles. The van der Waals surface area contributed by atoms with Gasteiger partial charge < -0.3 is 14.8 Å². The molecular weight excluding hydrogens is 530 g/mol. The van der Waals surface area contributed by atoms with Crippen molar-refractivity contribution in [1.82, 2.24) is 5.32 Å². The van der Waals surface area contributed by atoms with Crippen molar-refractivity contribution in [3.63, 3.8) is 0 Å². The van der Waals surface area contributed by atoms with Crippen LogP contribution in [0, 0.1) is 0 Å². The van der Waals surface area contributed by atoms with Crippen LogP contribution in [0.1, 0.15) is 114 Å². The van der Waals surface area contributed by atoms with E-state index in [1.165, 1.54) is 57.8 Å². The minimum absolute atomic E-state index is 0.0986. The van der Waals surface area contributed by atoms with Gasteiger partial charge in [-0.05, 0) is 29.5 Å². The maximum atomic E-state index is 12.7. The molecule has 0 aliphatic rings. The lowest BCUT2D eigenvalue weighted by Crippen LogP contribution is -2.41. The van der Waals surface area contributed by atoms with Crippen molar-refractivity contribution in [3.05, 3.63) is 108 Å². The van der Waals surface area contributed by atoms with Crippen LogP contribution >= 0.6 is 0 Å². The summed E-state index contributed by atoms with van der Waals surface area (Å²) in [5.41, 5.74) is 2.36. The number of hydrogen-bond donors (Lipinski definition) is 1. The van der Waals surface area contributed by atoms with Gasteiger partial charge in [0.05, 0.1) is 12.7 Å². The van der Waals surface area contributed by atoms with Crippen molar-refractivity contribution >= 4 is 5.91 Å². The van der Waals surface area contributed by atoms with Gasteiger partial charge in [0, 0.05) is 19.6 Å². The first-order valence-electron chi connectivity index (χ1n) is 16.9. The Balaban J connectivity index is 1.56. The zero-order valence-electron chi connectivity index (χ0n) is 26.8. The second-order valence-corrected chi connectivity index (χ2v) is 11.7. The fourth-order valence-electron chi connectivity index (χ4n) is 5.70. The van der Waals surface area contributed by atoms with Gasteiger partial charge in [0.15, 0.2) is 0 Å². The third-order valence-corrected chi connectivity index (χ3v) is 8.12. The van der Waals surface area contributed by atoms with E-state index >= 15 is 0 Å². The number of rotatable bonds is 23. The first-order valence-corrected chi connectivity index (χ1v) is 16.9. The summed E-state index contributed by atoms with van der Waals surface area (Å²) in [6, 6.07) is 31.2. The fraction of sp³-hybridized carbons (Fsp3) is 0.513. The largest absolute Gasteiger partial charge is 0.374 e. The highest BCUT2D eigenvalue weighted by molar-refractivity contribution is 5.75. The number of carbonyl (C=O) groups is 1. The lowest BCUT2D eigenvalue weighted by molar-refractivity contribution is -0.122. The molecule has 0 aliphatic heterocycles. The summed E-state index contributed by atoms with van der Waals surface area (Å²) in [7, 11) is 0. The molecule has 234 valence electrons. The summed E-state index contributed by atoms with van der Waals surface area (Å²) in [6.07, 6.45) is 15.3. The molecule has 1 atom stereocenters. The SMILES string of the molecule is CCCCCCCCCCCCCC(=O)NCC(COC(c1ccccc1)(c1ccccc1)c1ccccc1)OCCC. The highest BCUT2D eigenvalue weighted by Gasteiger charge is 2.38. The van der Waals surface area contributed by atoms with E-state index < -0.39 is 5.60 Å². The predicted molar refractivity (Wildman–Crippen MR) is 179 cm³/mol. The Labute approximate surface area is 261 Å². The van der Waals surface area contributed by atoms with E-state index in [1.807, 2.05) is 18.2 Å². The lowest BCUT2D eigenvalue weighted by Gasteiger charge is -2.37. The summed E-state index contributed by atoms with van der Waals surface area (Å²) in [4.78, 5) is 12.7. The molecular formula is C39H55NO3. The third-order valence-electron chi connectivity index (χ3n) is 8.12. The molecule has 0 heterocycles. The van der Waals surface area contributed by atoms with E-state index in [0.29, 0.717) is 26.2 Å². The summed E-state index contributed by atoms with van der Waals surface area (Å²) in [5, 5.41) is 3.14. The maximum Gasteiger partial charge on any atom is 0.220 e. The van der Waals surface area contributed by atoms with Crippen LogP contribution in [-0.2, 0) is 19.9 Å². The van der Waals surface area contributed by atoms with Crippen LogP contribution in [0.4, 0.5) is 0 Å². The summed E-state index contributed by atoms with van der Waals surface area (Å²) in [5.74, 6) is 0.0986. The van der Waals surface area contributed by atoms with Crippen LogP contribution < -0.4 is 5.32 Å². The molecule has 0 radical (unpaired) electrons. The molecule has 0 fully saturated rings. The van der Waals surface area contributed by atoms with Crippen LogP contribution in [0.25, 0.3) is 0 Å². The Hall–Kier alpha value is -2.95. The molecule has 3 aromatic carbocycles. The molecule has 1 unspecified atom stereocenters. The molecule has 0 bridgehead atoms. The minimum Gasteiger partial charge on any atom is -0.374 e. The summed E-state index contributed by atoms with van der Waals surface area (Å²) >= 11 is 0. The molecule has 3 aromatic rings. The Morgan fingerprint density at radius 1 is 0.628 bits per heavy atom. The van der Waals surface area contributed by atoms with Crippen molar-refractivity contribution in [2.75, 3.05) is 19.8 Å². The van der Waals surface area contributed by atoms with Crippen molar-refractivity contribution in [2.45, 2.75) is 109 Å². The lowest BCUT2D eigenvalue weighted by atomic mass is 9.80. The third kappa shape index (κ3) is 11.9. The van der Waals surface area contributed by atoms with E-state index in [2.05, 4.69) is 92.0 Å². The number of ether oxygens (including phenoxy) is 2. The van der Waals surface area contributed by atoms with E-state index in [1.54, 1.807) is 0 Å². The molecule has 3 rings (SSSR count). The van der Waals surface area contributed by atoms with Crippen LogP contribution in [0.15, 0.2) is 91.0 Å². The maximum absolute atomic E-state index is 12.7. The van der Waals surface area contributed by atoms with Gasteiger partial charge in [-0.3, -0.25) is 4.79 Å². The quantitative estimate of drug-likeness (QED) is 0.0890. The van der Waals surface area contributed by atoms with Gasteiger partial charge in [-0.25, -0.2) is 0 Å². The van der Waals surface area contributed by atoms with Crippen molar-refractivity contribution in [1.29, 1.82) is 0 Å². The molecule has 4 heteroatoms. The van der Waals surface area contributed by atoms with Crippen molar-refractivity contribution < 1.29 is 14.3 Å². The second kappa shape index (κ2) is 20.9. The highest BCUT2D eigenvalue weighted by Crippen LogP contribution is 2.40.